The summed E-state index contributed by atoms with van der Waals surface area (Å²) >= 11 is 3.16. The third-order valence-electron chi connectivity index (χ3n) is 3.51. The van der Waals surface area contributed by atoms with Gasteiger partial charge in [-0.25, -0.2) is 4.39 Å². The normalized spacial score (nSPS) is 20.6. The molecule has 17 heavy (non-hydrogen) atoms. The number of halogens is 2. The zero-order valence-electron chi connectivity index (χ0n) is 10.0. The molecule has 1 unspecified atom stereocenters. The van der Waals surface area contributed by atoms with Crippen molar-refractivity contribution in [3.05, 3.63) is 22.4 Å². The van der Waals surface area contributed by atoms with Crippen molar-refractivity contribution in [2.24, 2.45) is 5.92 Å². The van der Waals surface area contributed by atoms with Crippen LogP contribution in [0.3, 0.4) is 0 Å². The standard InChI is InChI=1S/C13H18BrFN2/c1-2-9-4-3-5-17(8-9)13-7-11(15)10(14)6-12(13)16/h6-7,9H,2-5,8,16H2,1H3. The SMILES string of the molecule is CCC1CCCN(c2cc(F)c(Br)cc2N)C1. The van der Waals surface area contributed by atoms with E-state index in [2.05, 4.69) is 27.8 Å². The fourth-order valence-corrected chi connectivity index (χ4v) is 2.80. The third kappa shape index (κ3) is 2.73. The van der Waals surface area contributed by atoms with Gasteiger partial charge < -0.3 is 10.6 Å². The van der Waals surface area contributed by atoms with Gasteiger partial charge in [-0.1, -0.05) is 13.3 Å². The molecule has 1 heterocycles. The maximum absolute atomic E-state index is 13.6. The van der Waals surface area contributed by atoms with Gasteiger partial charge in [-0.15, -0.1) is 0 Å². The Kier molecular flexibility index (Phi) is 3.92. The number of anilines is 2. The van der Waals surface area contributed by atoms with Crippen molar-refractivity contribution in [1.82, 2.24) is 0 Å². The molecule has 94 valence electrons. The third-order valence-corrected chi connectivity index (χ3v) is 4.11. The lowest BCUT2D eigenvalue weighted by Gasteiger charge is -2.34. The molecule has 2 rings (SSSR count). The summed E-state index contributed by atoms with van der Waals surface area (Å²) in [6, 6.07) is 3.19. The second-order valence-corrected chi connectivity index (χ2v) is 5.54. The molecular weight excluding hydrogens is 283 g/mol. The van der Waals surface area contributed by atoms with Crippen molar-refractivity contribution >= 4 is 27.3 Å². The fraction of sp³-hybridized carbons (Fsp3) is 0.538. The van der Waals surface area contributed by atoms with Crippen molar-refractivity contribution in [2.75, 3.05) is 23.7 Å². The highest BCUT2D eigenvalue weighted by molar-refractivity contribution is 9.10. The lowest BCUT2D eigenvalue weighted by Crippen LogP contribution is -2.35. The first-order valence-corrected chi connectivity index (χ1v) is 6.90. The molecular formula is C13H18BrFN2. The monoisotopic (exact) mass is 300 g/mol. The minimum Gasteiger partial charge on any atom is -0.397 e. The Balaban J connectivity index is 2.24. The van der Waals surface area contributed by atoms with Crippen LogP contribution in [0.4, 0.5) is 15.8 Å². The molecule has 2 nitrogen and oxygen atoms in total. The molecule has 1 aromatic rings. The molecule has 0 aromatic heterocycles. The predicted molar refractivity (Wildman–Crippen MR) is 73.7 cm³/mol. The number of benzene rings is 1. The van der Waals surface area contributed by atoms with E-state index < -0.39 is 0 Å². The van der Waals surface area contributed by atoms with Gasteiger partial charge in [-0.05, 0) is 40.8 Å². The molecule has 1 aliphatic rings. The zero-order valence-corrected chi connectivity index (χ0v) is 11.6. The van der Waals surface area contributed by atoms with Gasteiger partial charge in [0.25, 0.3) is 0 Å². The van der Waals surface area contributed by atoms with Crippen LogP contribution in [0.5, 0.6) is 0 Å². The molecule has 0 amide bonds. The van der Waals surface area contributed by atoms with Crippen molar-refractivity contribution in [3.8, 4) is 0 Å². The fourth-order valence-electron chi connectivity index (χ4n) is 2.44. The van der Waals surface area contributed by atoms with Crippen molar-refractivity contribution < 1.29 is 4.39 Å². The van der Waals surface area contributed by atoms with E-state index >= 15 is 0 Å². The summed E-state index contributed by atoms with van der Waals surface area (Å²) in [5, 5.41) is 0. The summed E-state index contributed by atoms with van der Waals surface area (Å²) in [4.78, 5) is 2.21. The van der Waals surface area contributed by atoms with E-state index in [1.54, 1.807) is 6.07 Å². The van der Waals surface area contributed by atoms with Gasteiger partial charge in [0.05, 0.1) is 15.8 Å². The quantitative estimate of drug-likeness (QED) is 0.842. The highest BCUT2D eigenvalue weighted by atomic mass is 79.9. The minimum absolute atomic E-state index is 0.243. The molecule has 0 saturated carbocycles. The first kappa shape index (κ1) is 12.7. The number of hydrogen-bond donors (Lipinski definition) is 1. The lowest BCUT2D eigenvalue weighted by atomic mass is 9.95. The van der Waals surface area contributed by atoms with E-state index in [4.69, 9.17) is 5.73 Å². The Labute approximate surface area is 110 Å². The van der Waals surface area contributed by atoms with Gasteiger partial charge in [0.1, 0.15) is 5.82 Å². The smallest absolute Gasteiger partial charge is 0.139 e. The number of rotatable bonds is 2. The van der Waals surface area contributed by atoms with E-state index in [9.17, 15) is 4.39 Å². The first-order valence-electron chi connectivity index (χ1n) is 6.11. The second-order valence-electron chi connectivity index (χ2n) is 4.69. The van der Waals surface area contributed by atoms with E-state index in [-0.39, 0.29) is 5.82 Å². The molecule has 0 aliphatic carbocycles. The largest absolute Gasteiger partial charge is 0.397 e. The first-order chi connectivity index (χ1) is 8.11. The van der Waals surface area contributed by atoms with Gasteiger partial charge >= 0.3 is 0 Å². The molecule has 0 spiro atoms. The van der Waals surface area contributed by atoms with Crippen molar-refractivity contribution in [3.63, 3.8) is 0 Å². The number of nitrogens with two attached hydrogens (primary N) is 1. The molecule has 4 heteroatoms. The Morgan fingerprint density at radius 1 is 1.53 bits per heavy atom. The van der Waals surface area contributed by atoms with Crippen LogP contribution in [-0.4, -0.2) is 13.1 Å². The molecule has 1 fully saturated rings. The van der Waals surface area contributed by atoms with E-state index in [1.807, 2.05) is 0 Å². The highest BCUT2D eigenvalue weighted by Gasteiger charge is 2.21. The predicted octanol–water partition coefficient (Wildman–Crippen LogP) is 3.80. The Hall–Kier alpha value is -0.770. The minimum atomic E-state index is -0.243. The molecule has 1 aliphatic heterocycles. The number of nitrogen functional groups attached to an aromatic ring is 1. The molecule has 0 bridgehead atoms. The average Bonchev–Trinajstić information content (AvgIpc) is 2.34. The van der Waals surface area contributed by atoms with Crippen LogP contribution in [0.15, 0.2) is 16.6 Å². The zero-order chi connectivity index (χ0) is 12.4. The van der Waals surface area contributed by atoms with E-state index in [1.165, 1.54) is 18.9 Å². The lowest BCUT2D eigenvalue weighted by molar-refractivity contribution is 0.404. The molecule has 2 N–H and O–H groups in total. The highest BCUT2D eigenvalue weighted by Crippen LogP contribution is 2.32. The summed E-state index contributed by atoms with van der Waals surface area (Å²) in [7, 11) is 0. The van der Waals surface area contributed by atoms with Gasteiger partial charge in [-0.3, -0.25) is 0 Å². The Bertz CT molecular complexity index is 409. The topological polar surface area (TPSA) is 29.3 Å². The molecule has 1 aromatic carbocycles. The van der Waals surface area contributed by atoms with Crippen LogP contribution in [0.2, 0.25) is 0 Å². The van der Waals surface area contributed by atoms with E-state index in [0.29, 0.717) is 16.1 Å². The van der Waals surface area contributed by atoms with Crippen LogP contribution in [0, 0.1) is 11.7 Å². The number of hydrogen-bond acceptors (Lipinski definition) is 2. The van der Waals surface area contributed by atoms with Crippen LogP contribution in [0.25, 0.3) is 0 Å². The summed E-state index contributed by atoms with van der Waals surface area (Å²) in [6.07, 6.45) is 3.61. The maximum Gasteiger partial charge on any atom is 0.139 e. The molecule has 1 atom stereocenters. The number of piperidine rings is 1. The van der Waals surface area contributed by atoms with Crippen LogP contribution in [-0.2, 0) is 0 Å². The van der Waals surface area contributed by atoms with Crippen molar-refractivity contribution in [1.29, 1.82) is 0 Å². The Morgan fingerprint density at radius 2 is 2.29 bits per heavy atom. The summed E-state index contributed by atoms with van der Waals surface area (Å²) in [5.41, 5.74) is 7.45. The van der Waals surface area contributed by atoms with Gasteiger partial charge in [-0.2, -0.15) is 0 Å². The average molecular weight is 301 g/mol. The van der Waals surface area contributed by atoms with Gasteiger partial charge in [0.15, 0.2) is 0 Å². The van der Waals surface area contributed by atoms with Crippen molar-refractivity contribution in [2.45, 2.75) is 26.2 Å². The second kappa shape index (κ2) is 5.25. The summed E-state index contributed by atoms with van der Waals surface area (Å²) < 4.78 is 14.0. The molecule has 1 saturated heterocycles. The van der Waals surface area contributed by atoms with Gasteiger partial charge in [0, 0.05) is 19.2 Å². The van der Waals surface area contributed by atoms with Crippen LogP contribution in [0.1, 0.15) is 26.2 Å². The van der Waals surface area contributed by atoms with Gasteiger partial charge in [0.2, 0.25) is 0 Å². The van der Waals surface area contributed by atoms with Crippen LogP contribution < -0.4 is 10.6 Å². The Morgan fingerprint density at radius 3 is 3.00 bits per heavy atom. The summed E-state index contributed by atoms with van der Waals surface area (Å²) in [5.74, 6) is 0.461. The molecule has 0 radical (unpaired) electrons. The van der Waals surface area contributed by atoms with Crippen LogP contribution >= 0.6 is 15.9 Å². The summed E-state index contributed by atoms with van der Waals surface area (Å²) in [6.45, 7) is 4.17. The van der Waals surface area contributed by atoms with E-state index in [0.717, 1.165) is 25.2 Å². The maximum atomic E-state index is 13.6. The number of nitrogens with zero attached hydrogens (tertiary/aromatic N) is 1.